The van der Waals surface area contributed by atoms with Crippen LogP contribution in [-0.4, -0.2) is 0 Å². The molecular weight excluding hydrogens is 703 g/mol. The molecule has 0 saturated carbocycles. The number of aryl methyl sites for hydroxylation is 2. The van der Waals surface area contributed by atoms with Crippen molar-refractivity contribution in [3.05, 3.63) is 223 Å². The number of rotatable bonds is 8. The highest BCUT2D eigenvalue weighted by atomic mass is 16.3. The van der Waals surface area contributed by atoms with Gasteiger partial charge in [-0.15, -0.1) is 0 Å². The average Bonchev–Trinajstić information content (AvgIpc) is 3.67. The molecule has 0 bridgehead atoms. The Bertz CT molecular complexity index is 3050. The minimum atomic E-state index is 0.906. The second-order valence-electron chi connectivity index (χ2n) is 15.0. The van der Waals surface area contributed by atoms with Crippen LogP contribution in [0.15, 0.2) is 217 Å². The summed E-state index contributed by atoms with van der Waals surface area (Å²) in [6.45, 7) is 4.38. The lowest BCUT2D eigenvalue weighted by molar-refractivity contribution is 0.670. The fraction of sp³-hybridized carbons (Fsp3) is 0.0357. The van der Waals surface area contributed by atoms with E-state index in [1.54, 1.807) is 0 Å². The molecule has 1 heterocycles. The van der Waals surface area contributed by atoms with Gasteiger partial charge in [0.25, 0.3) is 0 Å². The molecule has 0 saturated heterocycles. The van der Waals surface area contributed by atoms with Gasteiger partial charge in [-0.25, -0.2) is 0 Å². The maximum atomic E-state index is 6.42. The number of anilines is 3. The number of hydrogen-bond donors (Lipinski definition) is 0. The van der Waals surface area contributed by atoms with Gasteiger partial charge in [0.2, 0.25) is 0 Å². The van der Waals surface area contributed by atoms with Gasteiger partial charge in [0.15, 0.2) is 0 Å². The first kappa shape index (κ1) is 35.0. The molecule has 0 unspecified atom stereocenters. The van der Waals surface area contributed by atoms with E-state index in [-0.39, 0.29) is 0 Å². The van der Waals surface area contributed by atoms with Gasteiger partial charge in [0.1, 0.15) is 11.2 Å². The molecule has 10 rings (SSSR count). The molecule has 0 N–H and O–H groups in total. The fourth-order valence-corrected chi connectivity index (χ4v) is 8.29. The lowest BCUT2D eigenvalue weighted by atomic mass is 9.93. The third-order valence-corrected chi connectivity index (χ3v) is 11.4. The van der Waals surface area contributed by atoms with Crippen molar-refractivity contribution in [1.29, 1.82) is 0 Å². The SMILES string of the molecule is Cc1ccccc1-c1cc(-c2ccc(N(c3ccc(-c4cccc(-c5ccccc5)c4)cc3)c3ccc(-c4cccc5c4oc4ccccc45)cc3)cc2)ccc1C. The Balaban J connectivity index is 1.03. The maximum Gasteiger partial charge on any atom is 0.143 e. The Labute approximate surface area is 339 Å². The van der Waals surface area contributed by atoms with Crippen LogP contribution in [0.1, 0.15) is 11.1 Å². The summed E-state index contributed by atoms with van der Waals surface area (Å²) in [5.74, 6) is 0. The number of para-hydroxylation sites is 2. The lowest BCUT2D eigenvalue weighted by Crippen LogP contribution is -2.09. The van der Waals surface area contributed by atoms with Crippen LogP contribution in [0.2, 0.25) is 0 Å². The molecule has 0 spiro atoms. The normalized spacial score (nSPS) is 11.3. The van der Waals surface area contributed by atoms with Crippen molar-refractivity contribution >= 4 is 39.0 Å². The van der Waals surface area contributed by atoms with E-state index < -0.39 is 0 Å². The Kier molecular flexibility index (Phi) is 9.01. The van der Waals surface area contributed by atoms with Crippen LogP contribution in [0.4, 0.5) is 17.1 Å². The summed E-state index contributed by atoms with van der Waals surface area (Å²) in [7, 11) is 0. The minimum Gasteiger partial charge on any atom is -0.455 e. The van der Waals surface area contributed by atoms with E-state index >= 15 is 0 Å². The summed E-state index contributed by atoms with van der Waals surface area (Å²) in [6, 6.07) is 76.2. The van der Waals surface area contributed by atoms with E-state index in [1.165, 1.54) is 55.6 Å². The maximum absolute atomic E-state index is 6.42. The summed E-state index contributed by atoms with van der Waals surface area (Å²) in [5.41, 5.74) is 19.5. The van der Waals surface area contributed by atoms with Gasteiger partial charge in [-0.05, 0) is 130 Å². The zero-order valence-electron chi connectivity index (χ0n) is 32.6. The van der Waals surface area contributed by atoms with E-state index in [4.69, 9.17) is 4.42 Å². The Morgan fingerprint density at radius 1 is 0.310 bits per heavy atom. The Hall–Kier alpha value is -7.42. The molecule has 0 atom stereocenters. The highest BCUT2D eigenvalue weighted by Crippen LogP contribution is 2.41. The van der Waals surface area contributed by atoms with Crippen LogP contribution in [0.5, 0.6) is 0 Å². The number of fused-ring (bicyclic) bond motifs is 3. The third kappa shape index (κ3) is 6.55. The summed E-state index contributed by atoms with van der Waals surface area (Å²) < 4.78 is 6.42. The van der Waals surface area contributed by atoms with Gasteiger partial charge >= 0.3 is 0 Å². The molecule has 0 aliphatic carbocycles. The molecule has 10 aromatic rings. The highest BCUT2D eigenvalue weighted by Gasteiger charge is 2.17. The van der Waals surface area contributed by atoms with Crippen molar-refractivity contribution in [1.82, 2.24) is 0 Å². The predicted molar refractivity (Wildman–Crippen MR) is 245 cm³/mol. The fourth-order valence-electron chi connectivity index (χ4n) is 8.29. The van der Waals surface area contributed by atoms with Crippen molar-refractivity contribution in [3.8, 4) is 55.6 Å². The van der Waals surface area contributed by atoms with Gasteiger partial charge in [-0.3, -0.25) is 0 Å². The molecule has 58 heavy (non-hydrogen) atoms. The number of nitrogens with zero attached hydrogens (tertiary/aromatic N) is 1. The molecule has 9 aromatic carbocycles. The van der Waals surface area contributed by atoms with Gasteiger partial charge in [-0.1, -0.05) is 158 Å². The molecule has 0 fully saturated rings. The van der Waals surface area contributed by atoms with Gasteiger partial charge < -0.3 is 9.32 Å². The lowest BCUT2D eigenvalue weighted by Gasteiger charge is -2.26. The minimum absolute atomic E-state index is 0.906. The van der Waals surface area contributed by atoms with Crippen molar-refractivity contribution in [3.63, 3.8) is 0 Å². The summed E-state index contributed by atoms with van der Waals surface area (Å²) in [5, 5.41) is 2.27. The first-order chi connectivity index (χ1) is 28.6. The molecule has 0 radical (unpaired) electrons. The second-order valence-corrected chi connectivity index (χ2v) is 15.0. The van der Waals surface area contributed by atoms with E-state index in [2.05, 4.69) is 219 Å². The van der Waals surface area contributed by atoms with E-state index in [1.807, 2.05) is 12.1 Å². The molecule has 276 valence electrons. The first-order valence-electron chi connectivity index (χ1n) is 19.9. The largest absolute Gasteiger partial charge is 0.455 e. The molecule has 1 aromatic heterocycles. The van der Waals surface area contributed by atoms with Crippen LogP contribution in [-0.2, 0) is 0 Å². The quantitative estimate of drug-likeness (QED) is 0.154. The van der Waals surface area contributed by atoms with Gasteiger partial charge in [-0.2, -0.15) is 0 Å². The van der Waals surface area contributed by atoms with E-state index in [9.17, 15) is 0 Å². The standard InChI is InChI=1S/C56H41NO/c1-38-12-6-7-17-50(38)54-37-46(23-22-39(54)2)42-26-32-48(33-27-42)57(47-30-24-41(25-31-47)45-16-10-15-44(36-45)40-13-4-3-5-14-40)49-34-28-43(29-35-49)51-19-11-20-53-52-18-8-9-21-55(52)58-56(51)53/h3-37H,1-2H3. The predicted octanol–water partition coefficient (Wildman–Crippen LogP) is 16.0. The van der Waals surface area contributed by atoms with E-state index in [0.29, 0.717) is 0 Å². The van der Waals surface area contributed by atoms with E-state index in [0.717, 1.165) is 50.1 Å². The second kappa shape index (κ2) is 14.9. The van der Waals surface area contributed by atoms with Crippen LogP contribution in [0.25, 0.3) is 77.6 Å². The van der Waals surface area contributed by atoms with Crippen molar-refractivity contribution < 1.29 is 4.42 Å². The van der Waals surface area contributed by atoms with Gasteiger partial charge in [0.05, 0.1) is 0 Å². The average molecular weight is 744 g/mol. The Morgan fingerprint density at radius 2 is 0.776 bits per heavy atom. The van der Waals surface area contributed by atoms with Crippen molar-refractivity contribution in [2.45, 2.75) is 13.8 Å². The van der Waals surface area contributed by atoms with Crippen LogP contribution in [0, 0.1) is 13.8 Å². The molecule has 2 nitrogen and oxygen atoms in total. The zero-order valence-corrected chi connectivity index (χ0v) is 32.6. The van der Waals surface area contributed by atoms with Gasteiger partial charge in [0, 0.05) is 33.4 Å². The number of hydrogen-bond acceptors (Lipinski definition) is 2. The van der Waals surface area contributed by atoms with Crippen LogP contribution < -0.4 is 4.90 Å². The number of furan rings is 1. The summed E-state index contributed by atoms with van der Waals surface area (Å²) in [4.78, 5) is 2.34. The topological polar surface area (TPSA) is 16.4 Å². The summed E-state index contributed by atoms with van der Waals surface area (Å²) in [6.07, 6.45) is 0. The zero-order chi connectivity index (χ0) is 39.0. The molecule has 2 heteroatoms. The van der Waals surface area contributed by atoms with Crippen molar-refractivity contribution in [2.24, 2.45) is 0 Å². The monoisotopic (exact) mass is 743 g/mol. The number of benzene rings is 9. The highest BCUT2D eigenvalue weighted by molar-refractivity contribution is 6.09. The smallest absolute Gasteiger partial charge is 0.143 e. The van der Waals surface area contributed by atoms with Crippen LogP contribution in [0.3, 0.4) is 0 Å². The first-order valence-corrected chi connectivity index (χ1v) is 19.9. The molecule has 0 aliphatic rings. The molecular formula is C56H41NO. The Morgan fingerprint density at radius 3 is 1.45 bits per heavy atom. The molecule has 0 amide bonds. The van der Waals surface area contributed by atoms with Crippen molar-refractivity contribution in [2.75, 3.05) is 4.90 Å². The van der Waals surface area contributed by atoms with Crippen LogP contribution >= 0.6 is 0 Å². The summed E-state index contributed by atoms with van der Waals surface area (Å²) >= 11 is 0. The third-order valence-electron chi connectivity index (χ3n) is 11.4. The molecule has 0 aliphatic heterocycles.